The topological polar surface area (TPSA) is 98.7 Å². The number of allylic oxidation sites excluding steroid dienone is 8. The second kappa shape index (κ2) is 13.0. The van der Waals surface area contributed by atoms with E-state index in [-0.39, 0.29) is 10.8 Å². The van der Waals surface area contributed by atoms with E-state index in [0.29, 0.717) is 26.1 Å². The van der Waals surface area contributed by atoms with Gasteiger partial charge < -0.3 is 29.3 Å². The van der Waals surface area contributed by atoms with Crippen LogP contribution in [0.3, 0.4) is 0 Å². The van der Waals surface area contributed by atoms with Gasteiger partial charge in [0.25, 0.3) is 0 Å². The maximum absolute atomic E-state index is 9.97. The Labute approximate surface area is 243 Å². The minimum absolute atomic E-state index is 0.284. The number of ether oxygens (including phenoxy) is 2. The van der Waals surface area contributed by atoms with Crippen molar-refractivity contribution < 1.29 is 65.6 Å². The van der Waals surface area contributed by atoms with Crippen molar-refractivity contribution >= 4 is 11.9 Å². The molecule has 2 fully saturated rings. The van der Waals surface area contributed by atoms with Gasteiger partial charge in [0, 0.05) is 13.2 Å². The van der Waals surface area contributed by atoms with Crippen LogP contribution in [-0.2, 0) is 19.1 Å². The van der Waals surface area contributed by atoms with Crippen molar-refractivity contribution in [3.63, 3.8) is 0 Å². The minimum Gasteiger partial charge on any atom is -0.547 e. The Morgan fingerprint density at radius 3 is 1.16 bits per heavy atom. The largest absolute Gasteiger partial charge is 0.547 e. The molecule has 0 aromatic rings. The second-order valence-corrected chi connectivity index (χ2v) is 14.7. The minimum atomic E-state index is -1.08. The molecule has 0 saturated carbocycles. The van der Waals surface area contributed by atoms with Crippen LogP contribution in [0.25, 0.3) is 0 Å². The molecular weight excluding hydrogens is 607 g/mol. The van der Waals surface area contributed by atoms with Crippen LogP contribution >= 0.6 is 0 Å². The molecular formula is C30H44O6Sm. The maximum atomic E-state index is 9.97. The van der Waals surface area contributed by atoms with Gasteiger partial charge in [-0.3, -0.25) is 0 Å². The van der Waals surface area contributed by atoms with Crippen LogP contribution in [0.15, 0.2) is 36.0 Å². The van der Waals surface area contributed by atoms with Crippen molar-refractivity contribution in [1.82, 2.24) is 0 Å². The molecule has 2 aliphatic heterocycles. The summed E-state index contributed by atoms with van der Waals surface area (Å²) >= 11 is -0.694. The van der Waals surface area contributed by atoms with Crippen molar-refractivity contribution in [3.05, 3.63) is 36.0 Å². The molecule has 2 unspecified atom stereocenters. The zero-order valence-electron chi connectivity index (χ0n) is 24.3. The van der Waals surface area contributed by atoms with Crippen LogP contribution < -0.4 is 10.2 Å². The van der Waals surface area contributed by atoms with Crippen LogP contribution in [0, 0.1) is 47.1 Å². The fourth-order valence-corrected chi connectivity index (χ4v) is 10.4. The van der Waals surface area contributed by atoms with Gasteiger partial charge in [0.15, 0.2) is 0 Å². The molecule has 37 heavy (non-hydrogen) atoms. The molecule has 4 rings (SSSR count). The predicted molar refractivity (Wildman–Crippen MR) is 138 cm³/mol. The summed E-state index contributed by atoms with van der Waals surface area (Å²) in [5, 5.41) is 19.9. The van der Waals surface area contributed by atoms with Crippen LogP contribution in [-0.4, -0.2) is 37.4 Å². The third-order valence-electron chi connectivity index (χ3n) is 8.53. The molecule has 4 aliphatic rings. The summed E-state index contributed by atoms with van der Waals surface area (Å²) < 4.78 is 13.1. The number of carbonyl (C=O) groups is 2. The average Bonchev–Trinajstić information content (AvgIpc) is 3.60. The first-order valence-electron chi connectivity index (χ1n) is 13.2. The first-order chi connectivity index (χ1) is 17.0. The van der Waals surface area contributed by atoms with Crippen molar-refractivity contribution in [2.24, 2.45) is 10.8 Å². The summed E-state index contributed by atoms with van der Waals surface area (Å²) in [5.41, 5.74) is 10.0. The number of rotatable bonds is 4. The molecule has 0 spiro atoms. The molecule has 206 valence electrons. The van der Waals surface area contributed by atoms with Gasteiger partial charge in [-0.2, -0.15) is 0 Å². The van der Waals surface area contributed by atoms with E-state index < -0.39 is 60.4 Å². The van der Waals surface area contributed by atoms with Gasteiger partial charge in [-0.05, 0) is 25.7 Å². The van der Waals surface area contributed by atoms with E-state index in [1.54, 1.807) is 36.0 Å². The number of carboxylic acid groups (broad SMARTS) is 2. The predicted octanol–water partition coefficient (Wildman–Crippen LogP) is 4.20. The van der Waals surface area contributed by atoms with Crippen LogP contribution in [0.2, 0.25) is 0 Å². The molecule has 0 aromatic heterocycles. The summed E-state index contributed by atoms with van der Waals surface area (Å²) in [6, 6.07) is 0. The normalized spacial score (nSPS) is 26.2. The van der Waals surface area contributed by atoms with Gasteiger partial charge in [0.05, 0.1) is 24.1 Å². The van der Waals surface area contributed by atoms with E-state index in [1.165, 1.54) is 0 Å². The molecule has 6 nitrogen and oxygen atoms in total. The van der Waals surface area contributed by atoms with Crippen molar-refractivity contribution in [3.8, 4) is 0 Å². The third-order valence-corrected chi connectivity index (χ3v) is 15.1. The van der Waals surface area contributed by atoms with Gasteiger partial charge >= 0.3 is 152 Å². The van der Waals surface area contributed by atoms with E-state index >= 15 is 0 Å². The van der Waals surface area contributed by atoms with Gasteiger partial charge in [-0.1, -0.05) is 0 Å². The average molecular weight is 651 g/mol. The number of aliphatic carboxylic acids is 2. The van der Waals surface area contributed by atoms with Gasteiger partial charge in [0.2, 0.25) is 0 Å². The van der Waals surface area contributed by atoms with Crippen molar-refractivity contribution in [2.75, 3.05) is 13.2 Å². The Balaban J connectivity index is 0.000000244. The van der Waals surface area contributed by atoms with Crippen LogP contribution in [0.5, 0.6) is 0 Å². The summed E-state index contributed by atoms with van der Waals surface area (Å²) in [4.78, 5) is 19.9. The smallest absolute Gasteiger partial charge is 0.0969 e. The van der Waals surface area contributed by atoms with Crippen LogP contribution in [0.4, 0.5) is 0 Å². The molecule has 7 heteroatoms. The first-order valence-corrected chi connectivity index (χ1v) is 15.8. The molecule has 0 bridgehead atoms. The SMILES string of the molecule is CC1=C(C)C(C)(C)[C]([Sm+2][C]2=C(C)C(C)=C(C)C2(C)C)=C1C.O=C([O-])C1CCCO1.O=C([O-])C1CCCO1. The van der Waals surface area contributed by atoms with E-state index in [0.717, 1.165) is 12.8 Å². The van der Waals surface area contributed by atoms with E-state index in [4.69, 9.17) is 9.47 Å². The van der Waals surface area contributed by atoms with Crippen molar-refractivity contribution in [1.29, 1.82) is 0 Å². The number of carbonyl (C=O) groups excluding carboxylic acids is 2. The van der Waals surface area contributed by atoms with Crippen LogP contribution in [0.1, 0.15) is 94.9 Å². The third kappa shape index (κ3) is 7.22. The monoisotopic (exact) mass is 652 g/mol. The van der Waals surface area contributed by atoms with Crippen molar-refractivity contribution in [2.45, 2.75) is 107 Å². The van der Waals surface area contributed by atoms with Gasteiger partial charge in [-0.15, -0.1) is 0 Å². The number of hydrogen-bond acceptors (Lipinski definition) is 6. The Bertz CT molecular complexity index is 946. The molecule has 2 heterocycles. The Morgan fingerprint density at radius 2 is 1.00 bits per heavy atom. The summed E-state index contributed by atoms with van der Waals surface area (Å²) in [6.07, 6.45) is 1.66. The first kappa shape index (κ1) is 32.4. The molecule has 0 radical (unpaired) electrons. The standard InChI is InChI=1S/2C10H15.2C5H8O3.Sm/c2*1-7-6-10(4,5)9(3)8(7)2;2*6-5(7)4-2-1-3-8-4;/h2*1-5H3;2*4H,1-3H2,(H,6,7);/q;;;;+2/p-2. The molecule has 2 aliphatic carbocycles. The summed E-state index contributed by atoms with van der Waals surface area (Å²) in [5.74, 6) is -2.16. The molecule has 0 N–H and O–H groups in total. The Kier molecular flexibility index (Phi) is 11.4. The second-order valence-electron chi connectivity index (χ2n) is 11.4. The summed E-state index contributed by atoms with van der Waals surface area (Å²) in [7, 11) is 0. The zero-order valence-corrected chi connectivity index (χ0v) is 26.9. The Hall–Kier alpha value is -0.842. The van der Waals surface area contributed by atoms with E-state index in [1.807, 2.05) is 0 Å². The van der Waals surface area contributed by atoms with Gasteiger partial charge in [-0.25, -0.2) is 0 Å². The van der Waals surface area contributed by atoms with E-state index in [9.17, 15) is 19.8 Å². The number of carboxylic acids is 2. The Morgan fingerprint density at radius 1 is 0.676 bits per heavy atom. The van der Waals surface area contributed by atoms with Gasteiger partial charge in [0.1, 0.15) is 0 Å². The molecule has 2 atom stereocenters. The quantitative estimate of drug-likeness (QED) is 0.453. The van der Waals surface area contributed by atoms with E-state index in [2.05, 4.69) is 69.2 Å². The fourth-order valence-electron chi connectivity index (χ4n) is 5.16. The number of hydrogen-bond donors (Lipinski definition) is 0. The molecule has 0 amide bonds. The zero-order chi connectivity index (χ0) is 28.3. The molecule has 0 aromatic carbocycles. The fraction of sp³-hybridized carbons (Fsp3) is 0.667. The summed E-state index contributed by atoms with van der Waals surface area (Å²) in [6.45, 7) is 24.9. The maximum Gasteiger partial charge on any atom is 0.0969 e. The molecule has 2 saturated heterocycles.